The van der Waals surface area contributed by atoms with Crippen LogP contribution in [0.25, 0.3) is 0 Å². The normalized spacial score (nSPS) is 9.50. The molecule has 0 fully saturated rings. The first-order valence-corrected chi connectivity index (χ1v) is 3.44. The standard InChI is InChI=1S/C8H7FNO2/c1-2-12-8(11)6-3-7(9)5-10-4-6/h3-4H,2H2,1H3. The van der Waals surface area contributed by atoms with Crippen LogP contribution in [0.3, 0.4) is 0 Å². The number of esters is 1. The maximum absolute atomic E-state index is 12.4. The maximum Gasteiger partial charge on any atom is 0.339 e. The van der Waals surface area contributed by atoms with Gasteiger partial charge < -0.3 is 4.74 Å². The summed E-state index contributed by atoms with van der Waals surface area (Å²) in [6.45, 7) is 1.94. The largest absolute Gasteiger partial charge is 0.462 e. The van der Waals surface area contributed by atoms with Gasteiger partial charge in [-0.15, -0.1) is 0 Å². The third-order valence-electron chi connectivity index (χ3n) is 1.17. The van der Waals surface area contributed by atoms with E-state index in [2.05, 4.69) is 9.72 Å². The lowest BCUT2D eigenvalue weighted by Crippen LogP contribution is -2.05. The lowest BCUT2D eigenvalue weighted by atomic mass is 10.3. The molecule has 1 radical (unpaired) electrons. The monoisotopic (exact) mass is 168 g/mol. The molecule has 0 saturated carbocycles. The van der Waals surface area contributed by atoms with E-state index in [9.17, 15) is 9.18 Å². The summed E-state index contributed by atoms with van der Waals surface area (Å²) >= 11 is 0. The number of pyridine rings is 1. The zero-order chi connectivity index (χ0) is 8.97. The van der Waals surface area contributed by atoms with Crippen LogP contribution < -0.4 is 0 Å². The molecule has 0 aromatic carbocycles. The SMILES string of the molecule is CCOC(=O)c1cn[c]c(F)c1. The molecule has 1 rings (SSSR count). The van der Waals surface area contributed by atoms with Crippen LogP contribution in [0.15, 0.2) is 12.3 Å². The summed E-state index contributed by atoms with van der Waals surface area (Å²) < 4.78 is 17.1. The molecule has 12 heavy (non-hydrogen) atoms. The Morgan fingerprint density at radius 1 is 1.83 bits per heavy atom. The Kier molecular flexibility index (Phi) is 2.74. The van der Waals surface area contributed by atoms with E-state index in [1.807, 2.05) is 6.20 Å². The number of hydrogen-bond acceptors (Lipinski definition) is 3. The van der Waals surface area contributed by atoms with Crippen LogP contribution >= 0.6 is 0 Å². The van der Waals surface area contributed by atoms with Gasteiger partial charge in [0.2, 0.25) is 0 Å². The van der Waals surface area contributed by atoms with Crippen molar-refractivity contribution < 1.29 is 13.9 Å². The Hall–Kier alpha value is -1.45. The quantitative estimate of drug-likeness (QED) is 0.623. The van der Waals surface area contributed by atoms with Gasteiger partial charge in [-0.2, -0.15) is 0 Å². The summed E-state index contributed by atoms with van der Waals surface area (Å²) in [5.41, 5.74) is 0.105. The summed E-state index contributed by atoms with van der Waals surface area (Å²) in [6.07, 6.45) is 3.25. The predicted octanol–water partition coefficient (Wildman–Crippen LogP) is 1.20. The van der Waals surface area contributed by atoms with E-state index in [1.165, 1.54) is 6.20 Å². The van der Waals surface area contributed by atoms with Gasteiger partial charge in [0.1, 0.15) is 6.20 Å². The Morgan fingerprint density at radius 3 is 3.17 bits per heavy atom. The lowest BCUT2D eigenvalue weighted by molar-refractivity contribution is 0.0525. The maximum atomic E-state index is 12.4. The van der Waals surface area contributed by atoms with Crippen molar-refractivity contribution in [2.75, 3.05) is 6.61 Å². The molecule has 63 valence electrons. The molecule has 0 N–H and O–H groups in total. The smallest absolute Gasteiger partial charge is 0.339 e. The van der Waals surface area contributed by atoms with E-state index >= 15 is 0 Å². The fraction of sp³-hybridized carbons (Fsp3) is 0.250. The number of ether oxygens (including phenoxy) is 1. The number of rotatable bonds is 2. The van der Waals surface area contributed by atoms with Crippen LogP contribution in [-0.4, -0.2) is 17.6 Å². The summed E-state index contributed by atoms with van der Waals surface area (Å²) in [4.78, 5) is 14.3. The third kappa shape index (κ3) is 2.02. The minimum absolute atomic E-state index is 0.105. The highest BCUT2D eigenvalue weighted by Gasteiger charge is 2.06. The molecule has 1 heterocycles. The van der Waals surface area contributed by atoms with Gasteiger partial charge >= 0.3 is 5.97 Å². The minimum atomic E-state index is -0.666. The van der Waals surface area contributed by atoms with E-state index in [0.717, 1.165) is 6.07 Å². The number of carbonyl (C=O) groups is 1. The topological polar surface area (TPSA) is 39.2 Å². The molecule has 4 heteroatoms. The van der Waals surface area contributed by atoms with Gasteiger partial charge in [-0.05, 0) is 13.0 Å². The average molecular weight is 168 g/mol. The Morgan fingerprint density at radius 2 is 2.58 bits per heavy atom. The second-order valence-corrected chi connectivity index (χ2v) is 2.04. The third-order valence-corrected chi connectivity index (χ3v) is 1.17. The van der Waals surface area contributed by atoms with Crippen molar-refractivity contribution in [3.8, 4) is 0 Å². The highest BCUT2D eigenvalue weighted by molar-refractivity contribution is 5.88. The van der Waals surface area contributed by atoms with Crippen molar-refractivity contribution in [2.45, 2.75) is 6.92 Å². The molecule has 1 aromatic rings. The van der Waals surface area contributed by atoms with Gasteiger partial charge in [-0.3, -0.25) is 4.98 Å². The zero-order valence-corrected chi connectivity index (χ0v) is 6.50. The van der Waals surface area contributed by atoms with Gasteiger partial charge in [0, 0.05) is 6.20 Å². The van der Waals surface area contributed by atoms with Crippen LogP contribution in [0.4, 0.5) is 4.39 Å². The molecular formula is C8H7FNO2. The van der Waals surface area contributed by atoms with Crippen molar-refractivity contribution in [1.29, 1.82) is 0 Å². The van der Waals surface area contributed by atoms with Crippen molar-refractivity contribution in [3.63, 3.8) is 0 Å². The highest BCUT2D eigenvalue weighted by Crippen LogP contribution is 2.01. The Balaban J connectivity index is 2.81. The fourth-order valence-corrected chi connectivity index (χ4v) is 0.696. The van der Waals surface area contributed by atoms with Gasteiger partial charge in [-0.25, -0.2) is 9.18 Å². The van der Waals surface area contributed by atoms with Gasteiger partial charge in [0.25, 0.3) is 0 Å². The molecule has 0 aliphatic heterocycles. The van der Waals surface area contributed by atoms with Gasteiger partial charge in [0.05, 0.1) is 12.2 Å². The molecule has 0 atom stereocenters. The Bertz CT molecular complexity index is 288. The number of aromatic nitrogens is 1. The van der Waals surface area contributed by atoms with Gasteiger partial charge in [0.15, 0.2) is 5.82 Å². The van der Waals surface area contributed by atoms with E-state index < -0.39 is 11.8 Å². The molecule has 0 spiro atoms. The molecule has 0 bridgehead atoms. The fourth-order valence-electron chi connectivity index (χ4n) is 0.696. The average Bonchev–Trinajstić information content (AvgIpc) is 2.05. The molecule has 0 amide bonds. The zero-order valence-electron chi connectivity index (χ0n) is 6.50. The molecular weight excluding hydrogens is 161 g/mol. The molecule has 1 aromatic heterocycles. The van der Waals surface area contributed by atoms with Crippen molar-refractivity contribution >= 4 is 5.97 Å². The van der Waals surface area contributed by atoms with Crippen LogP contribution in [0.1, 0.15) is 17.3 Å². The number of halogens is 1. The van der Waals surface area contributed by atoms with E-state index in [0.29, 0.717) is 0 Å². The molecule has 0 aliphatic carbocycles. The summed E-state index contributed by atoms with van der Waals surface area (Å²) in [6, 6.07) is 1.03. The summed E-state index contributed by atoms with van der Waals surface area (Å²) in [5, 5.41) is 0. The number of hydrogen-bond donors (Lipinski definition) is 0. The number of nitrogens with zero attached hydrogens (tertiary/aromatic N) is 1. The second kappa shape index (κ2) is 3.80. The molecule has 0 unspecified atom stereocenters. The first kappa shape index (κ1) is 8.64. The summed E-state index contributed by atoms with van der Waals surface area (Å²) in [7, 11) is 0. The van der Waals surface area contributed by atoms with E-state index in [-0.39, 0.29) is 12.2 Å². The highest BCUT2D eigenvalue weighted by atomic mass is 19.1. The first-order valence-electron chi connectivity index (χ1n) is 3.44. The van der Waals surface area contributed by atoms with E-state index in [1.54, 1.807) is 6.92 Å². The van der Waals surface area contributed by atoms with Crippen molar-refractivity contribution in [1.82, 2.24) is 4.98 Å². The lowest BCUT2D eigenvalue weighted by Gasteiger charge is -1.99. The van der Waals surface area contributed by atoms with Crippen LogP contribution in [-0.2, 0) is 4.74 Å². The van der Waals surface area contributed by atoms with Crippen LogP contribution in [0.5, 0.6) is 0 Å². The number of carbonyl (C=O) groups excluding carboxylic acids is 1. The van der Waals surface area contributed by atoms with Crippen molar-refractivity contribution in [2.24, 2.45) is 0 Å². The molecule has 3 nitrogen and oxygen atoms in total. The molecule has 0 saturated heterocycles. The first-order chi connectivity index (χ1) is 5.74. The van der Waals surface area contributed by atoms with E-state index in [4.69, 9.17) is 0 Å². The van der Waals surface area contributed by atoms with Crippen molar-refractivity contribution in [3.05, 3.63) is 29.8 Å². The second-order valence-electron chi connectivity index (χ2n) is 2.04. The summed E-state index contributed by atoms with van der Waals surface area (Å²) in [5.74, 6) is -1.24. The Labute approximate surface area is 69.2 Å². The van der Waals surface area contributed by atoms with Crippen LogP contribution in [0, 0.1) is 12.0 Å². The minimum Gasteiger partial charge on any atom is -0.462 e. The molecule has 0 aliphatic rings. The predicted molar refractivity (Wildman–Crippen MR) is 39.0 cm³/mol. The van der Waals surface area contributed by atoms with Gasteiger partial charge in [-0.1, -0.05) is 0 Å². The van der Waals surface area contributed by atoms with Crippen LogP contribution in [0.2, 0.25) is 0 Å².